The van der Waals surface area contributed by atoms with Crippen molar-refractivity contribution in [1.82, 2.24) is 0 Å². The molecule has 0 aliphatic heterocycles. The van der Waals surface area contributed by atoms with E-state index < -0.39 is 57.3 Å². The molecular weight excluding hydrogens is 412 g/mol. The van der Waals surface area contributed by atoms with Gasteiger partial charge in [0, 0.05) is 0 Å². The number of aryl methyl sites for hydroxylation is 2. The summed E-state index contributed by atoms with van der Waals surface area (Å²) in [7, 11) is 0. The first-order chi connectivity index (χ1) is 13.1. The lowest BCUT2D eigenvalue weighted by atomic mass is 9.67. The Hall–Kier alpha value is -2.52. The molecule has 10 heteroatoms. The van der Waals surface area contributed by atoms with E-state index in [1.165, 1.54) is 0 Å². The Morgan fingerprint density at radius 2 is 1.07 bits per heavy atom. The van der Waals surface area contributed by atoms with Gasteiger partial charge in [-0.1, -0.05) is 18.2 Å². The molecule has 1 saturated carbocycles. The van der Waals surface area contributed by atoms with Crippen LogP contribution in [0, 0.1) is 13.8 Å². The Labute approximate surface area is 159 Å². The van der Waals surface area contributed by atoms with Gasteiger partial charge in [0.15, 0.2) is 5.41 Å². The van der Waals surface area contributed by atoms with Crippen LogP contribution in [0.25, 0.3) is 0 Å². The lowest BCUT2D eigenvalue weighted by Gasteiger charge is -2.40. The van der Waals surface area contributed by atoms with Crippen LogP contribution in [0.5, 0.6) is 11.5 Å². The molecule has 0 bridgehead atoms. The number of phenolic OH excluding ortho intramolecular Hbond substituents is 2. The van der Waals surface area contributed by atoms with Crippen molar-refractivity contribution in [3.8, 4) is 11.5 Å². The van der Waals surface area contributed by atoms with Crippen molar-refractivity contribution < 1.29 is 45.3 Å². The van der Waals surface area contributed by atoms with Gasteiger partial charge in [0.1, 0.15) is 11.5 Å². The molecule has 0 heterocycles. The lowest BCUT2D eigenvalue weighted by Crippen LogP contribution is -2.56. The van der Waals surface area contributed by atoms with Gasteiger partial charge in [-0.2, -0.15) is 35.1 Å². The third-order valence-electron chi connectivity index (χ3n) is 5.37. The number of rotatable bonds is 2. The van der Waals surface area contributed by atoms with E-state index in [0.29, 0.717) is 30.3 Å². The van der Waals surface area contributed by atoms with Gasteiger partial charge >= 0.3 is 23.7 Å². The van der Waals surface area contributed by atoms with E-state index in [2.05, 4.69) is 0 Å². The fourth-order valence-corrected chi connectivity index (χ4v) is 3.84. The van der Waals surface area contributed by atoms with Crippen molar-refractivity contribution in [3.63, 3.8) is 0 Å². The molecule has 2 aromatic rings. The van der Waals surface area contributed by atoms with Crippen molar-refractivity contribution in [2.45, 2.75) is 43.0 Å². The molecule has 158 valence electrons. The van der Waals surface area contributed by atoms with Gasteiger partial charge < -0.3 is 10.2 Å². The maximum atomic E-state index is 15.1. The average molecular weight is 426 g/mol. The number of benzene rings is 2. The van der Waals surface area contributed by atoms with Crippen LogP contribution in [0.2, 0.25) is 0 Å². The molecule has 0 radical (unpaired) electrons. The first-order valence-corrected chi connectivity index (χ1v) is 8.19. The smallest absolute Gasteiger partial charge is 0.379 e. The van der Waals surface area contributed by atoms with Crippen molar-refractivity contribution in [1.29, 1.82) is 0 Å². The molecule has 2 aromatic carbocycles. The van der Waals surface area contributed by atoms with Crippen LogP contribution in [0.15, 0.2) is 36.4 Å². The topological polar surface area (TPSA) is 40.5 Å². The maximum Gasteiger partial charge on any atom is 0.379 e. The van der Waals surface area contributed by atoms with Crippen LogP contribution in [0.3, 0.4) is 0 Å². The predicted octanol–water partition coefficient (Wildman–Crippen LogP) is 5.56. The average Bonchev–Trinajstić information content (AvgIpc) is 2.65. The number of phenols is 2. The maximum absolute atomic E-state index is 15.1. The first kappa shape index (κ1) is 21.2. The van der Waals surface area contributed by atoms with Crippen LogP contribution in [0.4, 0.5) is 35.1 Å². The Bertz CT molecular complexity index is 941. The summed E-state index contributed by atoms with van der Waals surface area (Å²) in [4.78, 5) is 0. The van der Waals surface area contributed by atoms with Crippen molar-refractivity contribution >= 4 is 0 Å². The highest BCUT2D eigenvalue weighted by molar-refractivity contribution is 5.57. The Balaban J connectivity index is 2.59. The highest BCUT2D eigenvalue weighted by atomic mass is 19.4. The largest absolute Gasteiger partial charge is 0.508 e. The lowest BCUT2D eigenvalue weighted by molar-refractivity contribution is -0.303. The van der Waals surface area contributed by atoms with Gasteiger partial charge in [0.2, 0.25) is 0 Å². The zero-order valence-electron chi connectivity index (χ0n) is 14.9. The van der Waals surface area contributed by atoms with Crippen LogP contribution in [-0.4, -0.2) is 33.9 Å². The van der Waals surface area contributed by atoms with E-state index in [0.717, 1.165) is 19.9 Å². The van der Waals surface area contributed by atoms with Crippen LogP contribution in [0.1, 0.15) is 22.3 Å². The van der Waals surface area contributed by atoms with Gasteiger partial charge in [-0.15, -0.1) is 0 Å². The minimum atomic E-state index is -6.40. The normalized spacial score (nSPS) is 23.1. The predicted molar refractivity (Wildman–Crippen MR) is 86.3 cm³/mol. The quantitative estimate of drug-likeness (QED) is 0.618. The summed E-state index contributed by atoms with van der Waals surface area (Å²) in [6.45, 7) is 2.07. The third kappa shape index (κ3) is 2.17. The molecule has 0 aromatic heterocycles. The molecule has 0 saturated heterocycles. The second kappa shape index (κ2) is 5.76. The molecule has 2 N–H and O–H groups in total. The summed E-state index contributed by atoms with van der Waals surface area (Å²) >= 11 is 0. The first-order valence-electron chi connectivity index (χ1n) is 8.19. The number of alkyl halides is 8. The molecule has 0 atom stereocenters. The zero-order chi connectivity index (χ0) is 22.2. The molecule has 1 aliphatic carbocycles. The molecule has 0 spiro atoms. The number of hydrogen-bond donors (Lipinski definition) is 2. The monoisotopic (exact) mass is 426 g/mol. The molecular formula is C19H14F8O2. The van der Waals surface area contributed by atoms with Gasteiger partial charge in [-0.05, 0) is 54.3 Å². The van der Waals surface area contributed by atoms with E-state index in [-0.39, 0.29) is 5.56 Å². The molecule has 29 heavy (non-hydrogen) atoms. The molecule has 3 rings (SSSR count). The SMILES string of the molecule is Cc1cc(C2(c3ccc(O)cc3)C(F)(F)C(F)(F)C(F)(F)C2(F)F)c(C)cc1O. The van der Waals surface area contributed by atoms with E-state index in [1.54, 1.807) is 0 Å². The van der Waals surface area contributed by atoms with Crippen molar-refractivity contribution in [2.75, 3.05) is 0 Å². The molecule has 0 amide bonds. The second-order valence-corrected chi connectivity index (χ2v) is 7.05. The van der Waals surface area contributed by atoms with Crippen molar-refractivity contribution in [2.24, 2.45) is 0 Å². The van der Waals surface area contributed by atoms with E-state index in [9.17, 15) is 27.8 Å². The third-order valence-corrected chi connectivity index (χ3v) is 5.37. The Kier molecular flexibility index (Phi) is 4.21. The summed E-state index contributed by atoms with van der Waals surface area (Å²) in [6.07, 6.45) is 0. The number of halogens is 8. The van der Waals surface area contributed by atoms with Gasteiger partial charge in [-0.25, -0.2) is 0 Å². The molecule has 1 aliphatic rings. The fraction of sp³-hybridized carbons (Fsp3) is 0.368. The summed E-state index contributed by atoms with van der Waals surface area (Å²) in [6, 6.07) is 3.57. The minimum absolute atomic E-state index is 0.256. The summed E-state index contributed by atoms with van der Waals surface area (Å²) < 4.78 is 117. The van der Waals surface area contributed by atoms with Gasteiger partial charge in [0.05, 0.1) is 0 Å². The van der Waals surface area contributed by atoms with Crippen molar-refractivity contribution in [3.05, 3.63) is 58.7 Å². The Morgan fingerprint density at radius 1 is 0.621 bits per heavy atom. The molecule has 1 fully saturated rings. The summed E-state index contributed by atoms with van der Waals surface area (Å²) in [5.74, 6) is -25.8. The van der Waals surface area contributed by atoms with E-state index in [4.69, 9.17) is 0 Å². The van der Waals surface area contributed by atoms with Gasteiger partial charge in [-0.3, -0.25) is 0 Å². The Morgan fingerprint density at radius 3 is 1.52 bits per heavy atom. The number of aromatic hydroxyl groups is 2. The highest BCUT2D eigenvalue weighted by Crippen LogP contribution is 2.74. The number of hydrogen-bond acceptors (Lipinski definition) is 2. The van der Waals surface area contributed by atoms with Crippen LogP contribution in [-0.2, 0) is 5.41 Å². The van der Waals surface area contributed by atoms with E-state index >= 15 is 17.6 Å². The van der Waals surface area contributed by atoms with Gasteiger partial charge in [0.25, 0.3) is 0 Å². The standard InChI is InChI=1S/C19H14F8O2/c1-9-8-14(29)10(2)7-13(9)15(11-3-5-12(28)6-4-11)16(20,21)18(24,25)19(26,27)17(15,22)23/h3-8,28-29H,1-2H3. The molecule has 2 nitrogen and oxygen atoms in total. The summed E-state index contributed by atoms with van der Waals surface area (Å²) in [5.41, 5.74) is -7.69. The zero-order valence-corrected chi connectivity index (χ0v) is 14.9. The summed E-state index contributed by atoms with van der Waals surface area (Å²) in [5, 5.41) is 19.1. The van der Waals surface area contributed by atoms with Crippen LogP contribution < -0.4 is 0 Å². The minimum Gasteiger partial charge on any atom is -0.508 e. The fourth-order valence-electron chi connectivity index (χ4n) is 3.84. The highest BCUT2D eigenvalue weighted by Gasteiger charge is 2.99. The van der Waals surface area contributed by atoms with Crippen LogP contribution >= 0.6 is 0 Å². The molecule has 0 unspecified atom stereocenters. The second-order valence-electron chi connectivity index (χ2n) is 7.05. The van der Waals surface area contributed by atoms with E-state index in [1.807, 2.05) is 0 Å².